The lowest BCUT2D eigenvalue weighted by Crippen LogP contribution is -2.39. The third-order valence-electron chi connectivity index (χ3n) is 3.03. The molecule has 0 radical (unpaired) electrons. The van der Waals surface area contributed by atoms with Crippen LogP contribution in [0.15, 0.2) is 35.2 Å². The van der Waals surface area contributed by atoms with Crippen LogP contribution < -0.4 is 5.32 Å². The van der Waals surface area contributed by atoms with Crippen molar-refractivity contribution in [2.45, 2.75) is 10.3 Å². The second-order valence-electron chi connectivity index (χ2n) is 3.92. The third-order valence-corrected chi connectivity index (χ3v) is 4.40. The first kappa shape index (κ1) is 10.1. The summed E-state index contributed by atoms with van der Waals surface area (Å²) in [5, 5.41) is 2.69. The van der Waals surface area contributed by atoms with E-state index in [0.717, 1.165) is 23.3 Å². The number of hydrogen-bond acceptors (Lipinski definition) is 2. The lowest BCUT2D eigenvalue weighted by atomic mass is 10.1. The number of ketones is 1. The van der Waals surface area contributed by atoms with Crippen molar-refractivity contribution < 1.29 is 9.59 Å². The van der Waals surface area contributed by atoms with E-state index in [-0.39, 0.29) is 15.7 Å². The smallest absolute Gasteiger partial charge is 0.314 e. The fourth-order valence-corrected chi connectivity index (χ4v) is 3.08. The van der Waals surface area contributed by atoms with E-state index in [0.29, 0.717) is 6.54 Å². The highest BCUT2D eigenvalue weighted by Gasteiger charge is 2.37. The van der Waals surface area contributed by atoms with Gasteiger partial charge >= 0.3 is 6.03 Å². The van der Waals surface area contributed by atoms with Crippen LogP contribution in [-0.4, -0.2) is 27.2 Å². The van der Waals surface area contributed by atoms with Crippen LogP contribution in [0.3, 0.4) is 0 Å². The Kier molecular flexibility index (Phi) is 2.17. The number of nitrogens with zero attached hydrogens (tertiary/aromatic N) is 1. The van der Waals surface area contributed by atoms with Gasteiger partial charge in [0.05, 0.1) is 9.62 Å². The highest BCUT2D eigenvalue weighted by atomic mass is 127. The van der Waals surface area contributed by atoms with Gasteiger partial charge in [0, 0.05) is 18.3 Å². The summed E-state index contributed by atoms with van der Waals surface area (Å²) in [5.74, 6) is 0.104. The molecule has 1 unspecified atom stereocenters. The zero-order valence-corrected chi connectivity index (χ0v) is 10.5. The molecule has 2 amide bonds. The molecule has 16 heavy (non-hydrogen) atoms. The molecule has 4 nitrogen and oxygen atoms in total. The Morgan fingerprint density at radius 1 is 1.38 bits per heavy atom. The largest absolute Gasteiger partial charge is 0.325 e. The lowest BCUT2D eigenvalue weighted by molar-refractivity contribution is -0.113. The molecule has 82 valence electrons. The van der Waals surface area contributed by atoms with Crippen molar-refractivity contribution in [3.05, 3.63) is 35.2 Å². The van der Waals surface area contributed by atoms with Crippen LogP contribution in [0.25, 0.3) is 0 Å². The van der Waals surface area contributed by atoms with Gasteiger partial charge in [-0.15, -0.1) is 0 Å². The van der Waals surface area contributed by atoms with E-state index in [4.69, 9.17) is 0 Å². The summed E-state index contributed by atoms with van der Waals surface area (Å²) in [7, 11) is 0. The molecule has 0 aromatic carbocycles. The van der Waals surface area contributed by atoms with E-state index in [1.54, 1.807) is 23.3 Å². The van der Waals surface area contributed by atoms with Crippen molar-refractivity contribution in [2.75, 3.05) is 6.54 Å². The Morgan fingerprint density at radius 3 is 3.00 bits per heavy atom. The minimum Gasteiger partial charge on any atom is -0.314 e. The predicted octanol–water partition coefficient (Wildman–Crippen LogP) is 1.50. The number of carbonyl (C=O) groups is 2. The monoisotopic (exact) mass is 328 g/mol. The Morgan fingerprint density at radius 2 is 2.19 bits per heavy atom. The van der Waals surface area contributed by atoms with Crippen molar-refractivity contribution in [1.29, 1.82) is 0 Å². The number of urea groups is 1. The SMILES string of the molecule is O=C1C=CC2=CNC(=O)N3CCC(=C23)C1I. The topological polar surface area (TPSA) is 49.4 Å². The van der Waals surface area contributed by atoms with Crippen LogP contribution >= 0.6 is 22.6 Å². The Hall–Kier alpha value is -1.11. The second-order valence-corrected chi connectivity index (χ2v) is 5.17. The van der Waals surface area contributed by atoms with Gasteiger partial charge in [0.1, 0.15) is 0 Å². The Labute approximate surface area is 106 Å². The molecular formula is C11H9IN2O2. The number of nitrogens with one attached hydrogen (secondary N) is 1. The highest BCUT2D eigenvalue weighted by molar-refractivity contribution is 14.1. The molecule has 0 bridgehead atoms. The summed E-state index contributed by atoms with van der Waals surface area (Å²) >= 11 is 2.15. The van der Waals surface area contributed by atoms with E-state index in [1.807, 2.05) is 0 Å². The van der Waals surface area contributed by atoms with Crippen molar-refractivity contribution in [3.63, 3.8) is 0 Å². The molecule has 0 spiro atoms. The zero-order chi connectivity index (χ0) is 11.3. The highest BCUT2D eigenvalue weighted by Crippen LogP contribution is 2.37. The van der Waals surface area contributed by atoms with Crippen LogP contribution in [0.1, 0.15) is 6.42 Å². The average molecular weight is 328 g/mol. The summed E-state index contributed by atoms with van der Waals surface area (Å²) in [5.41, 5.74) is 2.95. The molecule has 0 aromatic rings. The van der Waals surface area contributed by atoms with Gasteiger partial charge in [0.25, 0.3) is 0 Å². The zero-order valence-electron chi connectivity index (χ0n) is 8.37. The number of carbonyl (C=O) groups excluding carboxylic acids is 2. The van der Waals surface area contributed by atoms with Gasteiger partial charge in [-0.25, -0.2) is 4.79 Å². The normalized spacial score (nSPS) is 27.7. The van der Waals surface area contributed by atoms with Crippen LogP contribution in [0.2, 0.25) is 0 Å². The van der Waals surface area contributed by atoms with Crippen molar-refractivity contribution in [2.24, 2.45) is 0 Å². The molecule has 0 saturated carbocycles. The molecular weight excluding hydrogens is 319 g/mol. The molecule has 3 aliphatic rings. The second kappa shape index (κ2) is 3.44. The van der Waals surface area contributed by atoms with E-state index >= 15 is 0 Å². The van der Waals surface area contributed by atoms with E-state index in [2.05, 4.69) is 27.9 Å². The predicted molar refractivity (Wildman–Crippen MR) is 66.9 cm³/mol. The maximum Gasteiger partial charge on any atom is 0.325 e. The van der Waals surface area contributed by atoms with Gasteiger partial charge in [0.2, 0.25) is 0 Å². The standard InChI is InChI=1S/C11H9IN2O2/c12-9-7-3-4-14-10(7)6(1-2-8(9)15)5-13-11(14)16/h1-2,5,9H,3-4H2,(H,13,16). The minimum atomic E-state index is -0.134. The minimum absolute atomic E-state index is 0.0971. The number of hydrogen-bond donors (Lipinski definition) is 1. The molecule has 0 fully saturated rings. The van der Waals surface area contributed by atoms with E-state index in [9.17, 15) is 9.59 Å². The van der Waals surface area contributed by atoms with Gasteiger partial charge in [-0.2, -0.15) is 0 Å². The van der Waals surface area contributed by atoms with Gasteiger partial charge in [-0.05, 0) is 24.1 Å². The number of amides is 2. The summed E-state index contributed by atoms with van der Waals surface area (Å²) < 4.78 is -0.134. The van der Waals surface area contributed by atoms with Crippen LogP contribution in [0, 0.1) is 0 Å². The first-order valence-electron chi connectivity index (χ1n) is 5.06. The van der Waals surface area contributed by atoms with Gasteiger partial charge in [-0.3, -0.25) is 9.69 Å². The van der Waals surface area contributed by atoms with Gasteiger partial charge < -0.3 is 5.32 Å². The van der Waals surface area contributed by atoms with Crippen molar-refractivity contribution in [1.82, 2.24) is 10.2 Å². The maximum atomic E-state index is 11.7. The molecule has 1 N–H and O–H groups in total. The summed E-state index contributed by atoms with van der Waals surface area (Å²) in [4.78, 5) is 25.1. The maximum absolute atomic E-state index is 11.7. The molecule has 1 aliphatic carbocycles. The molecule has 1 atom stereocenters. The molecule has 0 saturated heterocycles. The fourth-order valence-electron chi connectivity index (χ4n) is 2.27. The number of rotatable bonds is 0. The number of alkyl halides is 1. The van der Waals surface area contributed by atoms with Crippen LogP contribution in [-0.2, 0) is 4.79 Å². The average Bonchev–Trinajstić information content (AvgIpc) is 2.68. The quantitative estimate of drug-likeness (QED) is 0.541. The number of allylic oxidation sites excluding steroid dienone is 2. The molecule has 0 aromatic heterocycles. The fraction of sp³-hybridized carbons (Fsp3) is 0.273. The molecule has 2 aliphatic heterocycles. The Balaban J connectivity index is 2.21. The van der Waals surface area contributed by atoms with Crippen LogP contribution in [0.5, 0.6) is 0 Å². The summed E-state index contributed by atoms with van der Waals surface area (Å²) in [6, 6.07) is -0.0971. The van der Waals surface area contributed by atoms with Crippen molar-refractivity contribution in [3.8, 4) is 0 Å². The molecule has 3 rings (SSSR count). The van der Waals surface area contributed by atoms with Crippen molar-refractivity contribution >= 4 is 34.4 Å². The van der Waals surface area contributed by atoms with Gasteiger partial charge in [0.15, 0.2) is 5.78 Å². The summed E-state index contributed by atoms with van der Waals surface area (Å²) in [6.45, 7) is 0.675. The molecule has 2 heterocycles. The van der Waals surface area contributed by atoms with E-state index < -0.39 is 0 Å². The third kappa shape index (κ3) is 1.27. The lowest BCUT2D eigenvalue weighted by Gasteiger charge is -2.25. The van der Waals surface area contributed by atoms with E-state index in [1.165, 1.54) is 0 Å². The van der Waals surface area contributed by atoms with Crippen LogP contribution in [0.4, 0.5) is 4.79 Å². The first-order valence-corrected chi connectivity index (χ1v) is 6.30. The van der Waals surface area contributed by atoms with Gasteiger partial charge in [-0.1, -0.05) is 22.6 Å². The first-order chi connectivity index (χ1) is 7.68. The Bertz CT molecular complexity index is 490. The molecule has 5 heteroatoms. The number of halogens is 1. The summed E-state index contributed by atoms with van der Waals surface area (Å²) in [6.07, 6.45) is 5.85.